The monoisotopic (exact) mass is 227 g/mol. The van der Waals surface area contributed by atoms with Crippen molar-refractivity contribution < 1.29 is 0 Å². The zero-order chi connectivity index (χ0) is 11.2. The third-order valence-electron chi connectivity index (χ3n) is 2.20. The van der Waals surface area contributed by atoms with E-state index in [-0.39, 0.29) is 0 Å². The Balaban J connectivity index is 0.000000138. The summed E-state index contributed by atoms with van der Waals surface area (Å²) in [7, 11) is 0. The minimum absolute atomic E-state index is 0.884. The lowest BCUT2D eigenvalue weighted by atomic mass is 10.1. The minimum atomic E-state index is 0.884. The molecular weight excluding hydrogens is 214 g/mol. The Morgan fingerprint density at radius 1 is 0.688 bits per heavy atom. The van der Waals surface area contributed by atoms with Crippen molar-refractivity contribution in [2.45, 2.75) is 0 Å². The molecule has 0 unspecified atom stereocenters. The summed E-state index contributed by atoms with van der Waals surface area (Å²) < 4.78 is 0. The van der Waals surface area contributed by atoms with Crippen LogP contribution >= 0.6 is 11.3 Å². The second kappa shape index (κ2) is 5.33. The first-order valence-corrected chi connectivity index (χ1v) is 5.97. The lowest BCUT2D eigenvalue weighted by molar-refractivity contribution is 1.75. The normalized spacial score (nSPS) is 9.50. The number of thiophene rings is 1. The van der Waals surface area contributed by atoms with Gasteiger partial charge in [0.25, 0.3) is 0 Å². The van der Waals surface area contributed by atoms with Gasteiger partial charge in [-0.05, 0) is 28.3 Å². The Morgan fingerprint density at radius 3 is 1.44 bits per heavy atom. The Kier molecular flexibility index (Phi) is 3.57. The van der Waals surface area contributed by atoms with Crippen LogP contribution in [0.15, 0.2) is 66.0 Å². The maximum atomic E-state index is 5.30. The quantitative estimate of drug-likeness (QED) is 0.613. The highest BCUT2D eigenvalue weighted by atomic mass is 32.1. The summed E-state index contributed by atoms with van der Waals surface area (Å²) in [6.45, 7) is 0. The molecule has 0 fully saturated rings. The smallest absolute Gasteiger partial charge is 0.0856 e. The van der Waals surface area contributed by atoms with Gasteiger partial charge in [0.2, 0.25) is 0 Å². The largest absolute Gasteiger partial charge is 0.391 e. The highest BCUT2D eigenvalue weighted by Crippen LogP contribution is 2.11. The van der Waals surface area contributed by atoms with Crippen LogP contribution in [-0.2, 0) is 0 Å². The van der Waals surface area contributed by atoms with E-state index in [0.29, 0.717) is 0 Å². The predicted molar refractivity (Wildman–Crippen MR) is 72.7 cm³/mol. The molecule has 0 saturated carbocycles. The highest BCUT2D eigenvalue weighted by Gasteiger charge is 1.85. The molecule has 0 saturated heterocycles. The highest BCUT2D eigenvalue weighted by molar-refractivity contribution is 7.13. The van der Waals surface area contributed by atoms with E-state index in [1.165, 1.54) is 10.8 Å². The van der Waals surface area contributed by atoms with E-state index in [4.69, 9.17) is 5.73 Å². The molecule has 0 spiro atoms. The number of hydrogen-bond donors (Lipinski definition) is 1. The SMILES string of the molecule is Nc1cccs1.c1ccc2ccccc2c1. The maximum absolute atomic E-state index is 5.30. The van der Waals surface area contributed by atoms with E-state index in [1.54, 1.807) is 11.3 Å². The van der Waals surface area contributed by atoms with Gasteiger partial charge in [-0.25, -0.2) is 0 Å². The molecule has 1 heterocycles. The van der Waals surface area contributed by atoms with Gasteiger partial charge >= 0.3 is 0 Å². The van der Waals surface area contributed by atoms with Crippen LogP contribution in [0.1, 0.15) is 0 Å². The third-order valence-corrected chi connectivity index (χ3v) is 2.90. The molecule has 0 bridgehead atoms. The molecule has 0 atom stereocenters. The fourth-order valence-corrected chi connectivity index (χ4v) is 1.90. The van der Waals surface area contributed by atoms with E-state index < -0.39 is 0 Å². The van der Waals surface area contributed by atoms with Crippen LogP contribution in [0.2, 0.25) is 0 Å². The predicted octanol–water partition coefficient (Wildman–Crippen LogP) is 4.17. The molecule has 2 heteroatoms. The summed E-state index contributed by atoms with van der Waals surface area (Å²) in [5.74, 6) is 0. The van der Waals surface area contributed by atoms with Crippen molar-refractivity contribution >= 4 is 27.1 Å². The molecule has 0 aliphatic rings. The lowest BCUT2D eigenvalue weighted by Crippen LogP contribution is -1.72. The van der Waals surface area contributed by atoms with Crippen LogP contribution in [0.5, 0.6) is 0 Å². The summed E-state index contributed by atoms with van der Waals surface area (Å²) in [6.07, 6.45) is 0. The van der Waals surface area contributed by atoms with E-state index in [9.17, 15) is 0 Å². The topological polar surface area (TPSA) is 26.0 Å². The number of anilines is 1. The standard InChI is InChI=1S/C10H8.C4H5NS/c1-2-6-10-8-4-3-7-9(10)5-1;5-4-2-1-3-6-4/h1-8H;1-3H,5H2. The molecule has 2 aromatic carbocycles. The van der Waals surface area contributed by atoms with Gasteiger partial charge < -0.3 is 5.73 Å². The van der Waals surface area contributed by atoms with Crippen molar-refractivity contribution in [3.8, 4) is 0 Å². The zero-order valence-corrected chi connectivity index (χ0v) is 9.65. The lowest BCUT2D eigenvalue weighted by Gasteiger charge is -1.92. The zero-order valence-electron chi connectivity index (χ0n) is 8.84. The Bertz CT molecular complexity index is 478. The van der Waals surface area contributed by atoms with Crippen molar-refractivity contribution in [2.75, 3.05) is 5.73 Å². The minimum Gasteiger partial charge on any atom is -0.391 e. The van der Waals surface area contributed by atoms with Gasteiger partial charge in [0.1, 0.15) is 0 Å². The molecule has 2 N–H and O–H groups in total. The second-order valence-electron chi connectivity index (χ2n) is 3.36. The van der Waals surface area contributed by atoms with Gasteiger partial charge in [0.05, 0.1) is 5.00 Å². The van der Waals surface area contributed by atoms with Gasteiger partial charge in [-0.3, -0.25) is 0 Å². The average molecular weight is 227 g/mol. The van der Waals surface area contributed by atoms with Gasteiger partial charge in [-0.1, -0.05) is 48.5 Å². The van der Waals surface area contributed by atoms with E-state index in [0.717, 1.165) is 5.00 Å². The summed E-state index contributed by atoms with van der Waals surface area (Å²) >= 11 is 1.56. The number of hydrogen-bond acceptors (Lipinski definition) is 2. The molecular formula is C14H13NS. The number of rotatable bonds is 0. The molecule has 16 heavy (non-hydrogen) atoms. The Morgan fingerprint density at radius 2 is 1.19 bits per heavy atom. The van der Waals surface area contributed by atoms with Crippen LogP contribution in [0.3, 0.4) is 0 Å². The first kappa shape index (κ1) is 10.7. The molecule has 0 aliphatic carbocycles. The Hall–Kier alpha value is -1.80. The molecule has 0 amide bonds. The summed E-state index contributed by atoms with van der Waals surface area (Å²) in [5, 5.41) is 5.46. The summed E-state index contributed by atoms with van der Waals surface area (Å²) in [6, 6.07) is 20.5. The Labute approximate surface area is 99.2 Å². The second-order valence-corrected chi connectivity index (χ2v) is 4.34. The number of nitrogen functional groups attached to an aromatic ring is 1. The van der Waals surface area contributed by atoms with Crippen LogP contribution < -0.4 is 5.73 Å². The third kappa shape index (κ3) is 2.84. The van der Waals surface area contributed by atoms with Crippen LogP contribution in [0.25, 0.3) is 10.8 Å². The number of benzene rings is 2. The van der Waals surface area contributed by atoms with Gasteiger partial charge in [-0.15, -0.1) is 11.3 Å². The fourth-order valence-electron chi connectivity index (χ4n) is 1.42. The van der Waals surface area contributed by atoms with Crippen molar-refractivity contribution in [3.63, 3.8) is 0 Å². The van der Waals surface area contributed by atoms with Gasteiger partial charge in [-0.2, -0.15) is 0 Å². The van der Waals surface area contributed by atoms with Crippen molar-refractivity contribution in [1.82, 2.24) is 0 Å². The van der Waals surface area contributed by atoms with Crippen LogP contribution in [0.4, 0.5) is 5.00 Å². The van der Waals surface area contributed by atoms with Crippen LogP contribution in [-0.4, -0.2) is 0 Å². The van der Waals surface area contributed by atoms with E-state index >= 15 is 0 Å². The van der Waals surface area contributed by atoms with Crippen molar-refractivity contribution in [1.29, 1.82) is 0 Å². The van der Waals surface area contributed by atoms with Crippen LogP contribution in [0, 0.1) is 0 Å². The summed E-state index contributed by atoms with van der Waals surface area (Å²) in [4.78, 5) is 0. The molecule has 0 aliphatic heterocycles. The summed E-state index contributed by atoms with van der Waals surface area (Å²) in [5.41, 5.74) is 5.30. The van der Waals surface area contributed by atoms with E-state index in [2.05, 4.69) is 48.5 Å². The van der Waals surface area contributed by atoms with Gasteiger partial charge in [0, 0.05) is 0 Å². The molecule has 3 rings (SSSR count). The molecule has 3 aromatic rings. The molecule has 1 nitrogen and oxygen atoms in total. The molecule has 1 aromatic heterocycles. The molecule has 0 radical (unpaired) electrons. The fraction of sp³-hybridized carbons (Fsp3) is 0. The first-order valence-electron chi connectivity index (χ1n) is 5.09. The van der Waals surface area contributed by atoms with Gasteiger partial charge in [0.15, 0.2) is 0 Å². The number of nitrogens with two attached hydrogens (primary N) is 1. The molecule has 80 valence electrons. The maximum Gasteiger partial charge on any atom is 0.0856 e. The van der Waals surface area contributed by atoms with Crippen molar-refractivity contribution in [2.24, 2.45) is 0 Å². The van der Waals surface area contributed by atoms with Crippen molar-refractivity contribution in [3.05, 3.63) is 66.0 Å². The average Bonchev–Trinajstić information content (AvgIpc) is 2.81. The first-order chi connectivity index (χ1) is 7.86. The van der Waals surface area contributed by atoms with E-state index in [1.807, 2.05) is 17.5 Å². The number of fused-ring (bicyclic) bond motifs is 1.